The van der Waals surface area contributed by atoms with Crippen LogP contribution in [0.15, 0.2) is 47.4 Å². The minimum Gasteiger partial charge on any atom is -0.465 e. The number of ether oxygens (including phenoxy) is 1. The maximum absolute atomic E-state index is 12.4. The number of methoxy groups -OCH3 is 1. The van der Waals surface area contributed by atoms with E-state index in [1.807, 2.05) is 0 Å². The first-order valence-corrected chi connectivity index (χ1v) is 8.40. The van der Waals surface area contributed by atoms with Gasteiger partial charge in [0.05, 0.1) is 23.3 Å². The second-order valence-electron chi connectivity index (χ2n) is 5.07. The molecule has 0 spiro atoms. The molecule has 8 heteroatoms. The molecular formula is C16H16N2O5S. The largest absolute Gasteiger partial charge is 0.465 e. The first-order valence-electron chi connectivity index (χ1n) is 6.85. The van der Waals surface area contributed by atoms with Gasteiger partial charge in [0.15, 0.2) is 0 Å². The Morgan fingerprint density at radius 2 is 1.79 bits per heavy atom. The van der Waals surface area contributed by atoms with Crippen molar-refractivity contribution < 1.29 is 22.7 Å². The molecule has 2 rings (SSSR count). The number of hydrogen-bond donors (Lipinski definition) is 2. The topological polar surface area (TPSA) is 116 Å². The number of benzene rings is 2. The molecule has 2 aromatic rings. The monoisotopic (exact) mass is 348 g/mol. The molecule has 0 fully saturated rings. The number of anilines is 1. The molecule has 126 valence electrons. The second kappa shape index (κ2) is 6.81. The van der Waals surface area contributed by atoms with Crippen molar-refractivity contribution in [3.8, 4) is 0 Å². The third-order valence-electron chi connectivity index (χ3n) is 3.22. The van der Waals surface area contributed by atoms with Gasteiger partial charge in [-0.25, -0.2) is 18.4 Å². The SMILES string of the molecule is COC(=O)c1ccccc1NC(=O)c1cc(C)cc(S(N)(=O)=O)c1. The van der Waals surface area contributed by atoms with Gasteiger partial charge in [-0.05, 0) is 42.8 Å². The molecule has 3 N–H and O–H groups in total. The van der Waals surface area contributed by atoms with Crippen molar-refractivity contribution in [2.75, 3.05) is 12.4 Å². The van der Waals surface area contributed by atoms with E-state index < -0.39 is 21.9 Å². The molecule has 0 aliphatic rings. The Kier molecular flexibility index (Phi) is 5.01. The number of rotatable bonds is 4. The Morgan fingerprint density at radius 1 is 1.12 bits per heavy atom. The molecule has 7 nitrogen and oxygen atoms in total. The molecule has 1 amide bonds. The summed E-state index contributed by atoms with van der Waals surface area (Å²) in [4.78, 5) is 24.0. The van der Waals surface area contributed by atoms with Crippen LogP contribution in [0, 0.1) is 6.92 Å². The maximum Gasteiger partial charge on any atom is 0.339 e. The van der Waals surface area contributed by atoms with Gasteiger partial charge in [0.25, 0.3) is 5.91 Å². The fraction of sp³-hybridized carbons (Fsp3) is 0.125. The molecule has 24 heavy (non-hydrogen) atoms. The number of esters is 1. The number of aryl methyl sites for hydroxylation is 1. The molecule has 0 saturated heterocycles. The molecular weight excluding hydrogens is 332 g/mol. The van der Waals surface area contributed by atoms with Gasteiger partial charge in [0, 0.05) is 5.56 Å². The number of hydrogen-bond acceptors (Lipinski definition) is 5. The Balaban J connectivity index is 2.38. The number of primary sulfonamides is 1. The zero-order valence-electron chi connectivity index (χ0n) is 13.1. The highest BCUT2D eigenvalue weighted by Crippen LogP contribution is 2.19. The number of sulfonamides is 1. The van der Waals surface area contributed by atoms with Crippen LogP contribution in [0.5, 0.6) is 0 Å². The average molecular weight is 348 g/mol. The number of amides is 1. The van der Waals surface area contributed by atoms with Gasteiger partial charge < -0.3 is 10.1 Å². The van der Waals surface area contributed by atoms with Crippen LogP contribution >= 0.6 is 0 Å². The van der Waals surface area contributed by atoms with Gasteiger partial charge in [-0.2, -0.15) is 0 Å². The van der Waals surface area contributed by atoms with E-state index in [2.05, 4.69) is 10.1 Å². The minimum atomic E-state index is -3.93. The Morgan fingerprint density at radius 3 is 2.42 bits per heavy atom. The van der Waals surface area contributed by atoms with E-state index >= 15 is 0 Å². The van der Waals surface area contributed by atoms with E-state index in [0.29, 0.717) is 5.56 Å². The van der Waals surface area contributed by atoms with Crippen molar-refractivity contribution in [1.29, 1.82) is 0 Å². The molecule has 0 heterocycles. The number of nitrogens with two attached hydrogens (primary N) is 1. The Labute approximate surface area is 139 Å². The standard InChI is InChI=1S/C16H16N2O5S/c1-10-7-11(9-12(8-10)24(17,21)22)15(19)18-14-6-4-3-5-13(14)16(20)23-2/h3-9H,1-2H3,(H,18,19)(H2,17,21,22). The first kappa shape index (κ1) is 17.6. The maximum atomic E-state index is 12.4. The van der Waals surface area contributed by atoms with Gasteiger partial charge in [-0.3, -0.25) is 4.79 Å². The van der Waals surface area contributed by atoms with Gasteiger partial charge >= 0.3 is 5.97 Å². The fourth-order valence-electron chi connectivity index (χ4n) is 2.12. The second-order valence-corrected chi connectivity index (χ2v) is 6.63. The lowest BCUT2D eigenvalue weighted by molar-refractivity contribution is 0.0602. The smallest absolute Gasteiger partial charge is 0.339 e. The lowest BCUT2D eigenvalue weighted by Gasteiger charge is -2.11. The van der Waals surface area contributed by atoms with Crippen molar-refractivity contribution in [1.82, 2.24) is 0 Å². The van der Waals surface area contributed by atoms with Gasteiger partial charge in [0.2, 0.25) is 10.0 Å². The van der Waals surface area contributed by atoms with Crippen LogP contribution in [-0.4, -0.2) is 27.4 Å². The number of para-hydroxylation sites is 1. The minimum absolute atomic E-state index is 0.110. The summed E-state index contributed by atoms with van der Waals surface area (Å²) < 4.78 is 27.6. The summed E-state index contributed by atoms with van der Waals surface area (Å²) >= 11 is 0. The molecule has 0 bridgehead atoms. The van der Waals surface area contributed by atoms with Gasteiger partial charge in [-0.1, -0.05) is 12.1 Å². The summed E-state index contributed by atoms with van der Waals surface area (Å²) in [6, 6.07) is 10.4. The van der Waals surface area contributed by atoms with Crippen LogP contribution in [0.25, 0.3) is 0 Å². The zero-order valence-corrected chi connectivity index (χ0v) is 13.9. The van der Waals surface area contributed by atoms with Gasteiger partial charge in [0.1, 0.15) is 0 Å². The summed E-state index contributed by atoms with van der Waals surface area (Å²) in [5.41, 5.74) is 1.12. The summed E-state index contributed by atoms with van der Waals surface area (Å²) in [6.07, 6.45) is 0. The summed E-state index contributed by atoms with van der Waals surface area (Å²) in [6.45, 7) is 1.65. The van der Waals surface area contributed by atoms with Crippen LogP contribution in [0.2, 0.25) is 0 Å². The number of nitrogens with one attached hydrogen (secondary N) is 1. The van der Waals surface area contributed by atoms with E-state index in [0.717, 1.165) is 0 Å². The van der Waals surface area contributed by atoms with E-state index in [1.165, 1.54) is 31.4 Å². The Bertz CT molecular complexity index is 906. The van der Waals surface area contributed by atoms with E-state index in [1.54, 1.807) is 25.1 Å². The van der Waals surface area contributed by atoms with E-state index in [-0.39, 0.29) is 21.7 Å². The predicted octanol–water partition coefficient (Wildman–Crippen LogP) is 1.68. The average Bonchev–Trinajstić information content (AvgIpc) is 2.53. The normalized spacial score (nSPS) is 11.0. The lowest BCUT2D eigenvalue weighted by Crippen LogP contribution is -2.17. The summed E-state index contributed by atoms with van der Waals surface area (Å²) in [7, 11) is -2.70. The summed E-state index contributed by atoms with van der Waals surface area (Å²) in [5.74, 6) is -1.17. The quantitative estimate of drug-likeness (QED) is 0.816. The van der Waals surface area contributed by atoms with Crippen molar-refractivity contribution >= 4 is 27.6 Å². The molecule has 0 saturated carbocycles. The molecule has 0 radical (unpaired) electrons. The van der Waals surface area contributed by atoms with E-state index in [4.69, 9.17) is 5.14 Å². The molecule has 0 unspecified atom stereocenters. The lowest BCUT2D eigenvalue weighted by atomic mass is 10.1. The van der Waals surface area contributed by atoms with Gasteiger partial charge in [-0.15, -0.1) is 0 Å². The summed E-state index contributed by atoms with van der Waals surface area (Å²) in [5, 5.41) is 7.68. The van der Waals surface area contributed by atoms with Crippen LogP contribution in [-0.2, 0) is 14.8 Å². The molecule has 0 atom stereocenters. The fourth-order valence-corrected chi connectivity index (χ4v) is 2.76. The van der Waals surface area contributed by atoms with Crippen LogP contribution in [0.1, 0.15) is 26.3 Å². The number of carbonyl (C=O) groups is 2. The zero-order chi connectivity index (χ0) is 17.9. The van der Waals surface area contributed by atoms with Crippen molar-refractivity contribution in [2.24, 2.45) is 5.14 Å². The highest BCUT2D eigenvalue weighted by Gasteiger charge is 2.17. The highest BCUT2D eigenvalue weighted by molar-refractivity contribution is 7.89. The Hall–Kier alpha value is -2.71. The van der Waals surface area contributed by atoms with Crippen molar-refractivity contribution in [3.05, 3.63) is 59.2 Å². The van der Waals surface area contributed by atoms with Crippen LogP contribution < -0.4 is 10.5 Å². The molecule has 2 aromatic carbocycles. The molecule has 0 aromatic heterocycles. The van der Waals surface area contributed by atoms with Crippen LogP contribution in [0.3, 0.4) is 0 Å². The highest BCUT2D eigenvalue weighted by atomic mass is 32.2. The van der Waals surface area contributed by atoms with Crippen LogP contribution in [0.4, 0.5) is 5.69 Å². The first-order chi connectivity index (χ1) is 11.2. The third kappa shape index (κ3) is 3.98. The molecule has 0 aliphatic heterocycles. The van der Waals surface area contributed by atoms with Crippen molar-refractivity contribution in [2.45, 2.75) is 11.8 Å². The molecule has 0 aliphatic carbocycles. The van der Waals surface area contributed by atoms with Crippen molar-refractivity contribution in [3.63, 3.8) is 0 Å². The predicted molar refractivity (Wildman–Crippen MR) is 88.3 cm³/mol. The number of carbonyl (C=O) groups excluding carboxylic acids is 2. The third-order valence-corrected chi connectivity index (χ3v) is 4.11. The van der Waals surface area contributed by atoms with E-state index in [9.17, 15) is 18.0 Å².